The van der Waals surface area contributed by atoms with Gasteiger partial charge in [-0.25, -0.2) is 0 Å². The number of carbonyl (C=O) groups excluding carboxylic acids is 1. The molecule has 0 spiro atoms. The van der Waals surface area contributed by atoms with Gasteiger partial charge in [-0.3, -0.25) is 4.79 Å². The number of benzene rings is 1. The monoisotopic (exact) mass is 210 g/mol. The van der Waals surface area contributed by atoms with Crippen molar-refractivity contribution in [3.63, 3.8) is 0 Å². The molecular formula is C10H14N2OS. The summed E-state index contributed by atoms with van der Waals surface area (Å²) in [6.45, 7) is 1.82. The van der Waals surface area contributed by atoms with Crippen LogP contribution in [-0.2, 0) is 4.79 Å². The highest BCUT2D eigenvalue weighted by Crippen LogP contribution is 2.17. The number of hydrogen-bond acceptors (Lipinski definition) is 3. The number of nitrogens with one attached hydrogen (secondary N) is 1. The van der Waals surface area contributed by atoms with Crippen molar-refractivity contribution < 1.29 is 4.79 Å². The number of hydrogen-bond donors (Lipinski definition) is 3. The molecule has 0 bridgehead atoms. The number of para-hydroxylation sites is 2. The summed E-state index contributed by atoms with van der Waals surface area (Å²) in [5.74, 6) is 0.356. The predicted octanol–water partition coefficient (Wildman–Crippen LogP) is 1.77. The minimum absolute atomic E-state index is 0.0575. The van der Waals surface area contributed by atoms with Crippen molar-refractivity contribution in [3.05, 3.63) is 24.3 Å². The first-order valence-electron chi connectivity index (χ1n) is 4.41. The van der Waals surface area contributed by atoms with Gasteiger partial charge in [-0.05, 0) is 12.1 Å². The molecule has 0 aromatic heterocycles. The first-order chi connectivity index (χ1) is 6.65. The van der Waals surface area contributed by atoms with Crippen LogP contribution in [0.25, 0.3) is 0 Å². The van der Waals surface area contributed by atoms with E-state index in [2.05, 4.69) is 17.9 Å². The summed E-state index contributed by atoms with van der Waals surface area (Å²) in [5.41, 5.74) is 6.91. The van der Waals surface area contributed by atoms with E-state index in [1.54, 1.807) is 12.1 Å². The Hall–Kier alpha value is -1.16. The lowest BCUT2D eigenvalue weighted by Gasteiger charge is -2.11. The van der Waals surface area contributed by atoms with Gasteiger partial charge in [-0.15, -0.1) is 0 Å². The van der Waals surface area contributed by atoms with Gasteiger partial charge in [-0.2, -0.15) is 12.6 Å². The van der Waals surface area contributed by atoms with E-state index in [1.165, 1.54) is 0 Å². The van der Waals surface area contributed by atoms with E-state index in [-0.39, 0.29) is 11.8 Å². The first kappa shape index (κ1) is 10.9. The second-order valence-electron chi connectivity index (χ2n) is 3.16. The number of nitrogens with two attached hydrogens (primary N) is 1. The largest absolute Gasteiger partial charge is 0.397 e. The minimum Gasteiger partial charge on any atom is -0.397 e. The minimum atomic E-state index is -0.113. The van der Waals surface area contributed by atoms with Crippen LogP contribution in [-0.4, -0.2) is 11.7 Å². The summed E-state index contributed by atoms with van der Waals surface area (Å²) < 4.78 is 0. The average Bonchev–Trinajstić information content (AvgIpc) is 2.20. The third-order valence-electron chi connectivity index (χ3n) is 1.94. The molecule has 0 fully saturated rings. The van der Waals surface area contributed by atoms with Crippen LogP contribution in [0.4, 0.5) is 11.4 Å². The standard InChI is InChI=1S/C10H14N2OS/c1-7(6-14)10(13)12-9-5-3-2-4-8(9)11/h2-5,7,14H,6,11H2,1H3,(H,12,13). The SMILES string of the molecule is CC(CS)C(=O)Nc1ccccc1N. The molecule has 0 saturated carbocycles. The maximum Gasteiger partial charge on any atom is 0.228 e. The van der Waals surface area contributed by atoms with E-state index in [9.17, 15) is 4.79 Å². The summed E-state index contributed by atoms with van der Waals surface area (Å²) in [6.07, 6.45) is 0. The maximum atomic E-state index is 11.5. The van der Waals surface area contributed by atoms with Crippen molar-refractivity contribution >= 4 is 29.9 Å². The topological polar surface area (TPSA) is 55.1 Å². The van der Waals surface area contributed by atoms with E-state index in [4.69, 9.17) is 5.73 Å². The van der Waals surface area contributed by atoms with Crippen molar-refractivity contribution in [1.29, 1.82) is 0 Å². The number of rotatable bonds is 3. The van der Waals surface area contributed by atoms with Gasteiger partial charge in [0.2, 0.25) is 5.91 Å². The molecule has 0 aliphatic carbocycles. The lowest BCUT2D eigenvalue weighted by atomic mass is 10.2. The molecular weight excluding hydrogens is 196 g/mol. The Morgan fingerprint density at radius 2 is 2.21 bits per heavy atom. The van der Waals surface area contributed by atoms with E-state index in [1.807, 2.05) is 19.1 Å². The highest BCUT2D eigenvalue weighted by atomic mass is 32.1. The third-order valence-corrected chi connectivity index (χ3v) is 2.49. The Balaban J connectivity index is 2.70. The van der Waals surface area contributed by atoms with Crippen LogP contribution in [0.3, 0.4) is 0 Å². The Bertz CT molecular complexity index is 328. The molecule has 1 unspecified atom stereocenters. The fraction of sp³-hybridized carbons (Fsp3) is 0.300. The van der Waals surface area contributed by atoms with Gasteiger partial charge in [0, 0.05) is 11.7 Å². The van der Waals surface area contributed by atoms with Gasteiger partial charge in [0.15, 0.2) is 0 Å². The zero-order chi connectivity index (χ0) is 10.6. The Kier molecular flexibility index (Phi) is 3.83. The first-order valence-corrected chi connectivity index (χ1v) is 5.04. The fourth-order valence-corrected chi connectivity index (χ4v) is 1.12. The van der Waals surface area contributed by atoms with Gasteiger partial charge in [0.25, 0.3) is 0 Å². The van der Waals surface area contributed by atoms with Crippen molar-refractivity contribution in [2.24, 2.45) is 5.92 Å². The summed E-state index contributed by atoms with van der Waals surface area (Å²) in [6, 6.07) is 7.18. The summed E-state index contributed by atoms with van der Waals surface area (Å²) in [4.78, 5) is 11.5. The van der Waals surface area contributed by atoms with E-state index < -0.39 is 0 Å². The molecule has 14 heavy (non-hydrogen) atoms. The fourth-order valence-electron chi connectivity index (χ4n) is 0.950. The lowest BCUT2D eigenvalue weighted by Crippen LogP contribution is -2.21. The van der Waals surface area contributed by atoms with Crippen molar-refractivity contribution in [1.82, 2.24) is 0 Å². The summed E-state index contributed by atoms with van der Waals surface area (Å²) in [5, 5.41) is 2.75. The predicted molar refractivity (Wildman–Crippen MR) is 62.5 cm³/mol. The number of carbonyl (C=O) groups is 1. The normalized spacial score (nSPS) is 12.1. The Morgan fingerprint density at radius 1 is 1.57 bits per heavy atom. The van der Waals surface area contributed by atoms with Crippen molar-refractivity contribution in [2.45, 2.75) is 6.92 Å². The molecule has 1 atom stereocenters. The van der Waals surface area contributed by atoms with E-state index in [0.29, 0.717) is 17.1 Å². The second kappa shape index (κ2) is 4.91. The Morgan fingerprint density at radius 3 is 2.79 bits per heavy atom. The van der Waals surface area contributed by atoms with Gasteiger partial charge >= 0.3 is 0 Å². The van der Waals surface area contributed by atoms with Crippen LogP contribution in [0.15, 0.2) is 24.3 Å². The van der Waals surface area contributed by atoms with Crippen LogP contribution in [0.1, 0.15) is 6.92 Å². The molecule has 1 amide bonds. The van der Waals surface area contributed by atoms with Crippen molar-refractivity contribution in [2.75, 3.05) is 16.8 Å². The zero-order valence-corrected chi connectivity index (χ0v) is 8.92. The molecule has 3 nitrogen and oxygen atoms in total. The summed E-state index contributed by atoms with van der Waals surface area (Å²) in [7, 11) is 0. The van der Waals surface area contributed by atoms with E-state index in [0.717, 1.165) is 0 Å². The number of anilines is 2. The molecule has 0 saturated heterocycles. The number of amides is 1. The van der Waals surface area contributed by atoms with Gasteiger partial charge in [0.1, 0.15) is 0 Å². The molecule has 0 radical (unpaired) electrons. The van der Waals surface area contributed by atoms with Crippen LogP contribution >= 0.6 is 12.6 Å². The highest BCUT2D eigenvalue weighted by molar-refractivity contribution is 7.80. The smallest absolute Gasteiger partial charge is 0.228 e. The quantitative estimate of drug-likeness (QED) is 0.526. The molecule has 1 rings (SSSR count). The van der Waals surface area contributed by atoms with Crippen molar-refractivity contribution in [3.8, 4) is 0 Å². The van der Waals surface area contributed by atoms with Crippen LogP contribution < -0.4 is 11.1 Å². The van der Waals surface area contributed by atoms with Gasteiger partial charge < -0.3 is 11.1 Å². The zero-order valence-electron chi connectivity index (χ0n) is 8.03. The molecule has 1 aromatic carbocycles. The number of nitrogen functional groups attached to an aromatic ring is 1. The van der Waals surface area contributed by atoms with E-state index >= 15 is 0 Å². The van der Waals surface area contributed by atoms with Gasteiger partial charge in [0.05, 0.1) is 11.4 Å². The molecule has 0 aliphatic heterocycles. The molecule has 0 heterocycles. The molecule has 76 valence electrons. The molecule has 4 heteroatoms. The molecule has 1 aromatic rings. The Labute approximate surface area is 89.1 Å². The average molecular weight is 210 g/mol. The lowest BCUT2D eigenvalue weighted by molar-refractivity contribution is -0.118. The third kappa shape index (κ3) is 2.67. The molecule has 3 N–H and O–H groups in total. The van der Waals surface area contributed by atoms with Crippen LogP contribution in [0, 0.1) is 5.92 Å². The van der Waals surface area contributed by atoms with Crippen LogP contribution in [0.2, 0.25) is 0 Å². The molecule has 0 aliphatic rings. The number of thiol groups is 1. The summed E-state index contributed by atoms with van der Waals surface area (Å²) >= 11 is 4.06. The van der Waals surface area contributed by atoms with Gasteiger partial charge in [-0.1, -0.05) is 19.1 Å². The maximum absolute atomic E-state index is 11.5. The second-order valence-corrected chi connectivity index (χ2v) is 3.53. The highest BCUT2D eigenvalue weighted by Gasteiger charge is 2.11. The van der Waals surface area contributed by atoms with Crippen LogP contribution in [0.5, 0.6) is 0 Å².